The molecule has 0 spiro atoms. The standard InChI is InChI=1S/C21H21N5O/c1-24-17-13-25(12-15-8-4-2-5-9-15)14-18(17)26-20(21(24)27)19(22-23-26)16-10-6-3-7-11-16/h2-11,17-18H,12-14H2,1H3/t17-,18+/m0/s1. The van der Waals surface area contributed by atoms with Crippen molar-refractivity contribution < 1.29 is 4.79 Å². The molecule has 1 fully saturated rings. The number of carbonyl (C=O) groups is 1. The van der Waals surface area contributed by atoms with Crippen molar-refractivity contribution in [3.05, 3.63) is 71.9 Å². The number of likely N-dealkylation sites (N-methyl/N-ethyl adjacent to an activating group) is 1. The Morgan fingerprint density at radius 1 is 0.963 bits per heavy atom. The molecule has 3 aromatic rings. The predicted octanol–water partition coefficient (Wildman–Crippen LogP) is 2.46. The Bertz CT molecular complexity index is 969. The lowest BCUT2D eigenvalue weighted by Gasteiger charge is -2.34. The van der Waals surface area contributed by atoms with Gasteiger partial charge in [0.1, 0.15) is 5.69 Å². The Labute approximate surface area is 158 Å². The van der Waals surface area contributed by atoms with Crippen molar-refractivity contribution in [1.82, 2.24) is 24.8 Å². The third-order valence-corrected chi connectivity index (χ3v) is 5.66. The van der Waals surface area contributed by atoms with Crippen molar-refractivity contribution in [2.24, 2.45) is 0 Å². The molecule has 2 aromatic carbocycles. The number of rotatable bonds is 3. The molecule has 0 bridgehead atoms. The minimum absolute atomic E-state index is 0.00154. The number of carbonyl (C=O) groups excluding carboxylic acids is 1. The van der Waals surface area contributed by atoms with E-state index in [-0.39, 0.29) is 18.0 Å². The van der Waals surface area contributed by atoms with Crippen LogP contribution in [-0.2, 0) is 6.54 Å². The van der Waals surface area contributed by atoms with Crippen LogP contribution in [0, 0.1) is 0 Å². The number of benzene rings is 2. The van der Waals surface area contributed by atoms with Crippen LogP contribution in [0.1, 0.15) is 22.1 Å². The first-order chi connectivity index (χ1) is 13.2. The summed E-state index contributed by atoms with van der Waals surface area (Å²) in [6.07, 6.45) is 0. The van der Waals surface area contributed by atoms with Crippen molar-refractivity contribution in [3.8, 4) is 11.3 Å². The number of hydrogen-bond donors (Lipinski definition) is 0. The summed E-state index contributed by atoms with van der Waals surface area (Å²) in [5.41, 5.74) is 3.49. The van der Waals surface area contributed by atoms with E-state index in [2.05, 4.69) is 39.5 Å². The molecule has 6 heteroatoms. The molecule has 2 aliphatic rings. The minimum Gasteiger partial charge on any atom is -0.334 e. The molecule has 6 nitrogen and oxygen atoms in total. The third kappa shape index (κ3) is 2.64. The first-order valence-electron chi connectivity index (χ1n) is 9.26. The zero-order valence-electron chi connectivity index (χ0n) is 15.2. The Morgan fingerprint density at radius 3 is 2.37 bits per heavy atom. The highest BCUT2D eigenvalue weighted by Crippen LogP contribution is 2.35. The molecule has 2 aliphatic heterocycles. The summed E-state index contributed by atoms with van der Waals surface area (Å²) >= 11 is 0. The average Bonchev–Trinajstić information content (AvgIpc) is 3.32. The molecular formula is C21H21N5O. The maximum Gasteiger partial charge on any atom is 0.274 e. The van der Waals surface area contributed by atoms with Gasteiger partial charge in [-0.25, -0.2) is 4.68 Å². The monoisotopic (exact) mass is 359 g/mol. The van der Waals surface area contributed by atoms with Crippen molar-refractivity contribution in [2.45, 2.75) is 18.6 Å². The van der Waals surface area contributed by atoms with Gasteiger partial charge in [0.2, 0.25) is 0 Å². The summed E-state index contributed by atoms with van der Waals surface area (Å²) < 4.78 is 1.86. The van der Waals surface area contributed by atoms with Crippen LogP contribution in [0.5, 0.6) is 0 Å². The van der Waals surface area contributed by atoms with E-state index in [4.69, 9.17) is 0 Å². The molecule has 1 amide bonds. The van der Waals surface area contributed by atoms with E-state index in [1.165, 1.54) is 5.56 Å². The van der Waals surface area contributed by atoms with Gasteiger partial charge in [-0.1, -0.05) is 65.9 Å². The van der Waals surface area contributed by atoms with Crippen molar-refractivity contribution >= 4 is 5.91 Å². The van der Waals surface area contributed by atoms with Gasteiger partial charge in [0, 0.05) is 32.2 Å². The lowest BCUT2D eigenvalue weighted by Crippen LogP contribution is -2.48. The largest absolute Gasteiger partial charge is 0.334 e. The van der Waals surface area contributed by atoms with E-state index in [9.17, 15) is 4.79 Å². The Balaban J connectivity index is 1.48. The Kier molecular flexibility index (Phi) is 3.79. The highest BCUT2D eigenvalue weighted by atomic mass is 16.2. The SMILES string of the molecule is CN1C(=O)c2c(-c3ccccc3)nnn2[C@@H]2CN(Cc3ccccc3)C[C@@H]21. The Hall–Kier alpha value is -2.99. The van der Waals surface area contributed by atoms with Gasteiger partial charge in [-0.2, -0.15) is 0 Å². The van der Waals surface area contributed by atoms with E-state index in [1.807, 2.05) is 53.0 Å². The molecular weight excluding hydrogens is 338 g/mol. The molecule has 1 saturated heterocycles. The maximum atomic E-state index is 13.1. The van der Waals surface area contributed by atoms with Gasteiger partial charge in [0.15, 0.2) is 5.69 Å². The second-order valence-corrected chi connectivity index (χ2v) is 7.33. The molecule has 3 heterocycles. The van der Waals surface area contributed by atoms with Crippen LogP contribution in [0.3, 0.4) is 0 Å². The van der Waals surface area contributed by atoms with Crippen LogP contribution in [0.2, 0.25) is 0 Å². The van der Waals surface area contributed by atoms with Gasteiger partial charge in [-0.05, 0) is 5.56 Å². The number of likely N-dealkylation sites (tertiary alicyclic amines) is 1. The van der Waals surface area contributed by atoms with Gasteiger partial charge in [-0.15, -0.1) is 5.10 Å². The number of amides is 1. The Morgan fingerprint density at radius 2 is 1.63 bits per heavy atom. The van der Waals surface area contributed by atoms with E-state index >= 15 is 0 Å². The molecule has 2 atom stereocenters. The van der Waals surface area contributed by atoms with Gasteiger partial charge in [-0.3, -0.25) is 9.69 Å². The number of fused-ring (bicyclic) bond motifs is 3. The molecule has 0 N–H and O–H groups in total. The minimum atomic E-state index is 0.00154. The second-order valence-electron chi connectivity index (χ2n) is 7.33. The fraction of sp³-hybridized carbons (Fsp3) is 0.286. The van der Waals surface area contributed by atoms with Crippen molar-refractivity contribution in [1.29, 1.82) is 0 Å². The normalized spacial score (nSPS) is 22.0. The van der Waals surface area contributed by atoms with Crippen molar-refractivity contribution in [3.63, 3.8) is 0 Å². The van der Waals surface area contributed by atoms with Crippen LogP contribution in [-0.4, -0.2) is 56.9 Å². The molecule has 0 unspecified atom stereocenters. The van der Waals surface area contributed by atoms with Crippen molar-refractivity contribution in [2.75, 3.05) is 20.1 Å². The summed E-state index contributed by atoms with van der Waals surface area (Å²) in [6, 6.07) is 20.5. The quantitative estimate of drug-likeness (QED) is 0.721. The molecule has 1 aromatic heterocycles. The van der Waals surface area contributed by atoms with Crippen LogP contribution in [0.15, 0.2) is 60.7 Å². The number of hydrogen-bond acceptors (Lipinski definition) is 4. The molecule has 0 aliphatic carbocycles. The lowest BCUT2D eigenvalue weighted by molar-refractivity contribution is 0.0630. The molecule has 5 rings (SSSR count). The van der Waals surface area contributed by atoms with Crippen LogP contribution < -0.4 is 0 Å². The van der Waals surface area contributed by atoms with Crippen LogP contribution >= 0.6 is 0 Å². The summed E-state index contributed by atoms with van der Waals surface area (Å²) in [7, 11) is 1.90. The molecule has 27 heavy (non-hydrogen) atoms. The summed E-state index contributed by atoms with van der Waals surface area (Å²) in [5.74, 6) is 0.00154. The molecule has 0 saturated carbocycles. The zero-order valence-corrected chi connectivity index (χ0v) is 15.2. The van der Waals surface area contributed by atoms with Gasteiger partial charge >= 0.3 is 0 Å². The second kappa shape index (κ2) is 6.32. The highest BCUT2D eigenvalue weighted by Gasteiger charge is 2.46. The van der Waals surface area contributed by atoms with Crippen LogP contribution in [0.4, 0.5) is 0 Å². The summed E-state index contributed by atoms with van der Waals surface area (Å²) in [6.45, 7) is 2.59. The number of nitrogens with zero attached hydrogens (tertiary/aromatic N) is 5. The van der Waals surface area contributed by atoms with Gasteiger partial charge < -0.3 is 4.90 Å². The summed E-state index contributed by atoms with van der Waals surface area (Å²) in [4.78, 5) is 17.4. The average molecular weight is 359 g/mol. The van der Waals surface area contributed by atoms with Crippen LogP contribution in [0.25, 0.3) is 11.3 Å². The summed E-state index contributed by atoms with van der Waals surface area (Å²) in [5, 5.41) is 8.76. The predicted molar refractivity (Wildman–Crippen MR) is 102 cm³/mol. The lowest BCUT2D eigenvalue weighted by atomic mass is 10.0. The molecule has 136 valence electrons. The fourth-order valence-electron chi connectivity index (χ4n) is 4.27. The number of aromatic nitrogens is 3. The smallest absolute Gasteiger partial charge is 0.274 e. The van der Waals surface area contributed by atoms with Gasteiger partial charge in [0.25, 0.3) is 5.91 Å². The maximum absolute atomic E-state index is 13.1. The van der Waals surface area contributed by atoms with Gasteiger partial charge in [0.05, 0.1) is 12.1 Å². The fourth-order valence-corrected chi connectivity index (χ4v) is 4.27. The third-order valence-electron chi connectivity index (χ3n) is 5.66. The molecule has 0 radical (unpaired) electrons. The first kappa shape index (κ1) is 16.2. The topological polar surface area (TPSA) is 54.3 Å². The van der Waals surface area contributed by atoms with E-state index in [0.29, 0.717) is 11.4 Å². The first-order valence-corrected chi connectivity index (χ1v) is 9.26. The highest BCUT2D eigenvalue weighted by molar-refractivity contribution is 5.99. The van der Waals surface area contributed by atoms with E-state index in [1.54, 1.807) is 0 Å². The van der Waals surface area contributed by atoms with E-state index in [0.717, 1.165) is 25.2 Å². The van der Waals surface area contributed by atoms with E-state index < -0.39 is 0 Å². The zero-order chi connectivity index (χ0) is 18.4.